The highest BCUT2D eigenvalue weighted by molar-refractivity contribution is 8.04. The van der Waals surface area contributed by atoms with Crippen LogP contribution in [-0.2, 0) is 4.79 Å². The highest BCUT2D eigenvalue weighted by Gasteiger charge is 2.29. The number of anilines is 1. The van der Waals surface area contributed by atoms with E-state index in [2.05, 4.69) is 10.3 Å². The number of carbonyl (C=O) groups excluding carboxylic acids is 1. The smallest absolute Gasteiger partial charge is 0.179 e. The highest BCUT2D eigenvalue weighted by atomic mass is 35.5. The molecule has 0 saturated carbocycles. The Morgan fingerprint density at radius 2 is 2.17 bits per heavy atom. The maximum Gasteiger partial charge on any atom is 0.179 e. The molecule has 0 aliphatic carbocycles. The molecule has 0 spiro atoms. The molecule has 0 saturated heterocycles. The van der Waals surface area contributed by atoms with Gasteiger partial charge in [-0.1, -0.05) is 23.4 Å². The second-order valence-corrected chi connectivity index (χ2v) is 6.67. The minimum atomic E-state index is -0.0503. The fraction of sp³-hybridized carbons (Fsp3) is 0.188. The topological polar surface area (TPSA) is 69.1 Å². The van der Waals surface area contributed by atoms with Crippen LogP contribution in [0.4, 0.5) is 5.69 Å². The first kappa shape index (κ1) is 15.8. The van der Waals surface area contributed by atoms with Crippen LogP contribution in [0.1, 0.15) is 0 Å². The number of nitrogens with zero attached hydrogens (tertiary/aromatic N) is 2. The van der Waals surface area contributed by atoms with Gasteiger partial charge in [-0.15, -0.1) is 0 Å². The molecule has 3 rings (SSSR count). The van der Waals surface area contributed by atoms with Gasteiger partial charge in [0.05, 0.1) is 32.6 Å². The largest absolute Gasteiger partial charge is 0.363 e. The van der Waals surface area contributed by atoms with Crippen molar-refractivity contribution < 1.29 is 4.79 Å². The predicted octanol–water partition coefficient (Wildman–Crippen LogP) is 3.37. The van der Waals surface area contributed by atoms with Gasteiger partial charge in [0, 0.05) is 25.7 Å². The van der Waals surface area contributed by atoms with Crippen molar-refractivity contribution in [1.82, 2.24) is 9.88 Å². The number of aromatic nitrogens is 1. The molecule has 2 aromatic rings. The summed E-state index contributed by atoms with van der Waals surface area (Å²) in [7, 11) is 3.50. The number of pyridine rings is 1. The average Bonchev–Trinajstić information content (AvgIpc) is 2.90. The van der Waals surface area contributed by atoms with Crippen molar-refractivity contribution in [2.75, 3.05) is 25.2 Å². The molecular formula is C16H15ClN4OS. The number of rotatable bonds is 3. The van der Waals surface area contributed by atoms with Gasteiger partial charge >= 0.3 is 0 Å². The molecule has 1 aromatic heterocycles. The minimum Gasteiger partial charge on any atom is -0.363 e. The van der Waals surface area contributed by atoms with E-state index in [0.717, 1.165) is 10.9 Å². The SMILES string of the molecule is CN(C)C(=N)C1=C(Nc2c(Cl)ccc3ncccc23)SCC1=O. The van der Waals surface area contributed by atoms with Crippen LogP contribution >= 0.6 is 23.4 Å². The van der Waals surface area contributed by atoms with Crippen LogP contribution in [0.5, 0.6) is 0 Å². The second-order valence-electron chi connectivity index (χ2n) is 5.28. The average molecular weight is 347 g/mol. The Kier molecular flexibility index (Phi) is 4.28. The summed E-state index contributed by atoms with van der Waals surface area (Å²) in [5.74, 6) is 0.469. The van der Waals surface area contributed by atoms with Crippen molar-refractivity contribution in [2.45, 2.75) is 0 Å². The van der Waals surface area contributed by atoms with Crippen LogP contribution in [-0.4, -0.2) is 41.4 Å². The zero-order chi connectivity index (χ0) is 16.6. The Bertz CT molecular complexity index is 847. The summed E-state index contributed by atoms with van der Waals surface area (Å²) < 4.78 is 0. The van der Waals surface area contributed by atoms with Gasteiger partial charge in [0.1, 0.15) is 5.84 Å². The molecular weight excluding hydrogens is 332 g/mol. The summed E-state index contributed by atoms with van der Waals surface area (Å²) >= 11 is 7.73. The van der Waals surface area contributed by atoms with Gasteiger partial charge < -0.3 is 10.2 Å². The molecule has 0 bridgehead atoms. The molecule has 1 aliphatic heterocycles. The van der Waals surface area contributed by atoms with Gasteiger partial charge in [0.15, 0.2) is 5.78 Å². The van der Waals surface area contributed by atoms with E-state index in [1.54, 1.807) is 31.3 Å². The van der Waals surface area contributed by atoms with Crippen LogP contribution < -0.4 is 5.32 Å². The number of halogens is 1. The number of nitrogens with one attached hydrogen (secondary N) is 2. The number of amidine groups is 1. The summed E-state index contributed by atoms with van der Waals surface area (Å²) in [4.78, 5) is 18.1. The van der Waals surface area contributed by atoms with E-state index >= 15 is 0 Å². The third-order valence-electron chi connectivity index (χ3n) is 3.51. The van der Waals surface area contributed by atoms with E-state index < -0.39 is 0 Å². The first-order valence-corrected chi connectivity index (χ1v) is 8.32. The molecule has 0 unspecified atom stereocenters. The zero-order valence-corrected chi connectivity index (χ0v) is 14.3. The monoisotopic (exact) mass is 346 g/mol. The van der Waals surface area contributed by atoms with Crippen molar-refractivity contribution in [3.05, 3.63) is 46.1 Å². The van der Waals surface area contributed by atoms with Gasteiger partial charge in [-0.25, -0.2) is 0 Å². The standard InChI is InChI=1S/C16H15ClN4OS/c1-21(2)15(18)13-12(22)8-23-16(13)20-14-9-4-3-7-19-11(9)6-5-10(14)17/h3-7,18,20H,8H2,1-2H3. The van der Waals surface area contributed by atoms with E-state index in [4.69, 9.17) is 17.0 Å². The van der Waals surface area contributed by atoms with E-state index in [9.17, 15) is 4.79 Å². The predicted molar refractivity (Wildman–Crippen MR) is 96.3 cm³/mol. The number of fused-ring (bicyclic) bond motifs is 1. The molecule has 0 radical (unpaired) electrons. The number of Topliss-reactive ketones (excluding diaryl/α,β-unsaturated/α-hetero) is 1. The lowest BCUT2D eigenvalue weighted by atomic mass is 10.1. The molecule has 2 N–H and O–H groups in total. The maximum absolute atomic E-state index is 12.1. The molecule has 23 heavy (non-hydrogen) atoms. The van der Waals surface area contributed by atoms with Crippen LogP contribution in [0, 0.1) is 5.41 Å². The third-order valence-corrected chi connectivity index (χ3v) is 4.83. The van der Waals surface area contributed by atoms with Crippen LogP contribution in [0.25, 0.3) is 10.9 Å². The van der Waals surface area contributed by atoms with Gasteiger partial charge in [0.2, 0.25) is 0 Å². The van der Waals surface area contributed by atoms with E-state index in [1.165, 1.54) is 11.8 Å². The number of ketones is 1. The summed E-state index contributed by atoms with van der Waals surface area (Å²) in [5, 5.41) is 13.5. The van der Waals surface area contributed by atoms with Crippen LogP contribution in [0.3, 0.4) is 0 Å². The Hall–Kier alpha value is -2.05. The Labute approximate surface area is 143 Å². The molecule has 1 aliphatic rings. The molecule has 1 aromatic carbocycles. The lowest BCUT2D eigenvalue weighted by Crippen LogP contribution is -2.27. The first-order valence-electron chi connectivity index (χ1n) is 6.96. The molecule has 5 nitrogen and oxygen atoms in total. The molecule has 7 heteroatoms. The number of likely N-dealkylation sites (N-methyl/N-ethyl adjacent to an activating group) is 1. The van der Waals surface area contributed by atoms with Gasteiger partial charge in [0.25, 0.3) is 0 Å². The minimum absolute atomic E-state index is 0.0503. The Morgan fingerprint density at radius 1 is 1.39 bits per heavy atom. The van der Waals surface area contributed by atoms with Crippen molar-refractivity contribution in [1.29, 1.82) is 5.41 Å². The molecule has 0 amide bonds. The fourth-order valence-electron chi connectivity index (χ4n) is 2.34. The highest BCUT2D eigenvalue weighted by Crippen LogP contribution is 2.36. The lowest BCUT2D eigenvalue weighted by Gasteiger charge is -2.17. The number of hydrogen-bond donors (Lipinski definition) is 2. The lowest BCUT2D eigenvalue weighted by molar-refractivity contribution is -0.112. The van der Waals surface area contributed by atoms with Gasteiger partial charge in [-0.3, -0.25) is 15.2 Å². The summed E-state index contributed by atoms with van der Waals surface area (Å²) in [6.07, 6.45) is 1.72. The third kappa shape index (κ3) is 2.92. The van der Waals surface area contributed by atoms with E-state index in [0.29, 0.717) is 27.1 Å². The zero-order valence-electron chi connectivity index (χ0n) is 12.7. The number of hydrogen-bond acceptors (Lipinski definition) is 5. The van der Waals surface area contributed by atoms with Crippen LogP contribution in [0.15, 0.2) is 41.1 Å². The van der Waals surface area contributed by atoms with E-state index in [-0.39, 0.29) is 11.6 Å². The summed E-state index contributed by atoms with van der Waals surface area (Å²) in [5.41, 5.74) is 1.93. The first-order chi connectivity index (χ1) is 11.0. The second kappa shape index (κ2) is 6.22. The van der Waals surface area contributed by atoms with Crippen molar-refractivity contribution >= 4 is 51.6 Å². The number of benzene rings is 1. The summed E-state index contributed by atoms with van der Waals surface area (Å²) in [6, 6.07) is 7.40. The number of thioether (sulfide) groups is 1. The maximum atomic E-state index is 12.1. The molecule has 0 fully saturated rings. The van der Waals surface area contributed by atoms with Gasteiger partial charge in [-0.05, 0) is 24.3 Å². The fourth-order valence-corrected chi connectivity index (χ4v) is 3.50. The van der Waals surface area contributed by atoms with Crippen LogP contribution in [0.2, 0.25) is 5.02 Å². The quantitative estimate of drug-likeness (QED) is 0.658. The van der Waals surface area contributed by atoms with Crippen molar-refractivity contribution in [3.63, 3.8) is 0 Å². The summed E-state index contributed by atoms with van der Waals surface area (Å²) in [6.45, 7) is 0. The molecule has 2 heterocycles. The number of carbonyl (C=O) groups is 1. The molecule has 118 valence electrons. The molecule has 0 atom stereocenters. The van der Waals surface area contributed by atoms with E-state index in [1.807, 2.05) is 18.2 Å². The van der Waals surface area contributed by atoms with Crippen molar-refractivity contribution in [2.24, 2.45) is 0 Å². The van der Waals surface area contributed by atoms with Gasteiger partial charge in [-0.2, -0.15) is 0 Å². The Morgan fingerprint density at radius 3 is 2.91 bits per heavy atom. The normalized spacial score (nSPS) is 14.5. The van der Waals surface area contributed by atoms with Crippen molar-refractivity contribution in [3.8, 4) is 0 Å². The Balaban J connectivity index is 2.09.